The summed E-state index contributed by atoms with van der Waals surface area (Å²) in [5.41, 5.74) is -1.65. The number of aromatic nitrogens is 1. The lowest BCUT2D eigenvalue weighted by Crippen LogP contribution is -2.31. The number of ether oxygens (including phenoxy) is 1. The largest absolute Gasteiger partial charge is 0.454 e. The molecule has 1 atom stereocenters. The Morgan fingerprint density at radius 2 is 1.73 bits per heavy atom. The van der Waals surface area contributed by atoms with E-state index in [1.54, 1.807) is 0 Å². The summed E-state index contributed by atoms with van der Waals surface area (Å²) < 4.78 is 58.2. The lowest BCUT2D eigenvalue weighted by Gasteiger charge is -2.16. The maximum atomic E-state index is 13.4. The third kappa shape index (κ3) is 6.02. The molecule has 8 nitrogen and oxygen atoms in total. The van der Waals surface area contributed by atoms with Crippen LogP contribution in [0.25, 0.3) is 0 Å². The first-order valence-corrected chi connectivity index (χ1v) is 12.4. The zero-order valence-corrected chi connectivity index (χ0v) is 21.3. The number of carbonyl (C=O) groups is 4. The lowest BCUT2D eigenvalue weighted by atomic mass is 10.1. The Balaban J connectivity index is 1.45. The molecular formula is C27H17F4N3O5S. The highest BCUT2D eigenvalue weighted by atomic mass is 32.2. The second-order valence-corrected chi connectivity index (χ2v) is 9.72. The summed E-state index contributed by atoms with van der Waals surface area (Å²) >= 11 is 0.601. The van der Waals surface area contributed by atoms with Gasteiger partial charge in [-0.25, -0.2) is 19.1 Å². The van der Waals surface area contributed by atoms with Crippen LogP contribution in [-0.4, -0.2) is 40.4 Å². The van der Waals surface area contributed by atoms with Gasteiger partial charge >= 0.3 is 12.1 Å². The van der Waals surface area contributed by atoms with Crippen LogP contribution < -0.4 is 4.90 Å². The molecule has 2 aromatic carbocycles. The standard InChI is InChI=1S/C27H17F4N3O5S/c1-14-10-20(27(29,30)31)19(12-32)24(33-14)40-22-11-23(36)34(25(22)37)18-8-4-16(5-9-18)26(38)39-13-21(35)15-2-6-17(28)7-3-15/h2-10,22H,11,13H2,1H3. The van der Waals surface area contributed by atoms with Gasteiger partial charge < -0.3 is 4.74 Å². The van der Waals surface area contributed by atoms with Crippen LogP contribution in [0.15, 0.2) is 59.6 Å². The van der Waals surface area contributed by atoms with Crippen molar-refractivity contribution in [3.05, 3.63) is 88.4 Å². The summed E-state index contributed by atoms with van der Waals surface area (Å²) in [5.74, 6) is -3.29. The van der Waals surface area contributed by atoms with Crippen molar-refractivity contribution in [2.45, 2.75) is 29.8 Å². The zero-order valence-electron chi connectivity index (χ0n) is 20.5. The number of Topliss-reactive ketones (excluding diaryl/α,β-unsaturated/α-hetero) is 1. The van der Waals surface area contributed by atoms with Gasteiger partial charge in [0.15, 0.2) is 12.4 Å². The third-order valence-corrected chi connectivity index (χ3v) is 6.92. The van der Waals surface area contributed by atoms with Gasteiger partial charge in [-0.15, -0.1) is 0 Å². The molecule has 0 radical (unpaired) electrons. The van der Waals surface area contributed by atoms with Gasteiger partial charge in [-0.2, -0.15) is 18.4 Å². The van der Waals surface area contributed by atoms with E-state index in [1.165, 1.54) is 49.4 Å². The van der Waals surface area contributed by atoms with Crippen LogP contribution >= 0.6 is 11.8 Å². The van der Waals surface area contributed by atoms with E-state index in [0.717, 1.165) is 23.1 Å². The summed E-state index contributed by atoms with van der Waals surface area (Å²) in [5, 5.41) is 7.91. The number of nitrogens with zero attached hydrogens (tertiary/aromatic N) is 3. The van der Waals surface area contributed by atoms with Crippen LogP contribution in [0.3, 0.4) is 0 Å². The zero-order chi connectivity index (χ0) is 29.2. The summed E-state index contributed by atoms with van der Waals surface area (Å²) in [6.45, 7) is 0.724. The molecule has 0 bridgehead atoms. The summed E-state index contributed by atoms with van der Waals surface area (Å²) in [7, 11) is 0. The first kappa shape index (κ1) is 28.4. The Hall–Kier alpha value is -4.57. The molecule has 13 heteroatoms. The van der Waals surface area contributed by atoms with Crippen molar-refractivity contribution in [3.8, 4) is 6.07 Å². The van der Waals surface area contributed by atoms with Gasteiger partial charge in [0, 0.05) is 17.7 Å². The maximum Gasteiger partial charge on any atom is 0.417 e. The molecule has 0 saturated carbocycles. The number of pyridine rings is 1. The van der Waals surface area contributed by atoms with Crippen LogP contribution in [0.1, 0.15) is 44.0 Å². The molecule has 1 fully saturated rings. The quantitative estimate of drug-likeness (QED) is 0.170. The molecule has 0 aliphatic carbocycles. The molecule has 1 unspecified atom stereocenters. The molecule has 3 aromatic rings. The van der Waals surface area contributed by atoms with Crippen molar-refractivity contribution in [2.24, 2.45) is 0 Å². The number of hydrogen-bond donors (Lipinski definition) is 0. The number of nitriles is 1. The van der Waals surface area contributed by atoms with E-state index in [9.17, 15) is 42.0 Å². The van der Waals surface area contributed by atoms with Crippen LogP contribution in [-0.2, 0) is 20.5 Å². The number of amides is 2. The second-order valence-electron chi connectivity index (χ2n) is 8.53. The van der Waals surface area contributed by atoms with Gasteiger partial charge in [0.25, 0.3) is 0 Å². The summed E-state index contributed by atoms with van der Waals surface area (Å²) in [6, 6.07) is 12.1. The van der Waals surface area contributed by atoms with Crippen LogP contribution in [0.4, 0.5) is 23.2 Å². The Morgan fingerprint density at radius 1 is 1.10 bits per heavy atom. The number of carbonyl (C=O) groups excluding carboxylic acids is 4. The Bertz CT molecular complexity index is 1550. The topological polar surface area (TPSA) is 117 Å². The minimum Gasteiger partial charge on any atom is -0.454 e. The molecule has 1 aliphatic heterocycles. The molecule has 2 heterocycles. The van der Waals surface area contributed by atoms with Crippen molar-refractivity contribution >= 4 is 41.0 Å². The van der Waals surface area contributed by atoms with E-state index < -0.39 is 58.5 Å². The number of imide groups is 1. The number of rotatable bonds is 7. The van der Waals surface area contributed by atoms with Gasteiger partial charge in [-0.3, -0.25) is 14.4 Å². The lowest BCUT2D eigenvalue weighted by molar-refractivity contribution is -0.138. The van der Waals surface area contributed by atoms with Crippen molar-refractivity contribution in [1.29, 1.82) is 5.26 Å². The predicted octanol–water partition coefficient (Wildman–Crippen LogP) is 4.88. The predicted molar refractivity (Wildman–Crippen MR) is 133 cm³/mol. The molecular weight excluding hydrogens is 554 g/mol. The number of alkyl halides is 3. The second kappa shape index (κ2) is 11.3. The molecule has 204 valence electrons. The normalized spacial score (nSPS) is 15.2. The fourth-order valence-corrected chi connectivity index (χ4v) is 5.02. The number of hydrogen-bond acceptors (Lipinski definition) is 8. The Morgan fingerprint density at radius 3 is 2.33 bits per heavy atom. The summed E-state index contributed by atoms with van der Waals surface area (Å²) in [4.78, 5) is 55.0. The monoisotopic (exact) mass is 571 g/mol. The van der Waals surface area contributed by atoms with Gasteiger partial charge in [-0.1, -0.05) is 11.8 Å². The van der Waals surface area contributed by atoms with Crippen molar-refractivity contribution in [2.75, 3.05) is 11.5 Å². The van der Waals surface area contributed by atoms with Crippen LogP contribution in [0.5, 0.6) is 0 Å². The van der Waals surface area contributed by atoms with Gasteiger partial charge in [0.2, 0.25) is 11.8 Å². The number of aryl methyl sites for hydroxylation is 1. The Kier molecular flexibility index (Phi) is 8.01. The highest BCUT2D eigenvalue weighted by Crippen LogP contribution is 2.39. The summed E-state index contributed by atoms with van der Waals surface area (Å²) in [6.07, 6.45) is -5.16. The number of benzene rings is 2. The highest BCUT2D eigenvalue weighted by molar-refractivity contribution is 8.00. The molecule has 4 rings (SSSR count). The SMILES string of the molecule is Cc1cc(C(F)(F)F)c(C#N)c(SC2CC(=O)N(c3ccc(C(=O)OCC(=O)c4ccc(F)cc4)cc3)C2=O)n1. The van der Waals surface area contributed by atoms with E-state index in [4.69, 9.17) is 4.74 Å². The first-order chi connectivity index (χ1) is 18.9. The molecule has 1 aromatic heterocycles. The maximum absolute atomic E-state index is 13.4. The van der Waals surface area contributed by atoms with Crippen molar-refractivity contribution in [1.82, 2.24) is 4.98 Å². The van der Waals surface area contributed by atoms with Crippen LogP contribution in [0.2, 0.25) is 0 Å². The average molecular weight is 572 g/mol. The number of anilines is 1. The third-order valence-electron chi connectivity index (χ3n) is 5.75. The molecule has 0 N–H and O–H groups in total. The van der Waals surface area contributed by atoms with Crippen molar-refractivity contribution < 1.29 is 41.5 Å². The van der Waals surface area contributed by atoms with Crippen molar-refractivity contribution in [3.63, 3.8) is 0 Å². The number of halogens is 4. The van der Waals surface area contributed by atoms with E-state index in [1.807, 2.05) is 0 Å². The number of thioether (sulfide) groups is 1. The van der Waals surface area contributed by atoms with E-state index in [2.05, 4.69) is 4.98 Å². The number of esters is 1. The minimum absolute atomic E-state index is 0.00991. The molecule has 1 saturated heterocycles. The molecule has 1 aliphatic rings. The molecule has 40 heavy (non-hydrogen) atoms. The van der Waals surface area contributed by atoms with Gasteiger partial charge in [-0.05, 0) is 61.5 Å². The number of ketones is 1. The van der Waals surface area contributed by atoms with Gasteiger partial charge in [0.1, 0.15) is 16.9 Å². The minimum atomic E-state index is -4.81. The van der Waals surface area contributed by atoms with Crippen LogP contribution in [0, 0.1) is 24.1 Å². The van der Waals surface area contributed by atoms with E-state index in [-0.39, 0.29) is 34.0 Å². The molecule has 2 amide bonds. The molecule has 0 spiro atoms. The fourth-order valence-electron chi connectivity index (χ4n) is 3.84. The van der Waals surface area contributed by atoms with E-state index >= 15 is 0 Å². The smallest absolute Gasteiger partial charge is 0.417 e. The van der Waals surface area contributed by atoms with Gasteiger partial charge in [0.05, 0.1) is 27.6 Å². The fraction of sp³-hybridized carbons (Fsp3) is 0.185. The first-order valence-electron chi connectivity index (χ1n) is 11.5. The van der Waals surface area contributed by atoms with E-state index in [0.29, 0.717) is 11.8 Å². The highest BCUT2D eigenvalue weighted by Gasteiger charge is 2.42. The Labute approximate surface area is 228 Å². The average Bonchev–Trinajstić information content (AvgIpc) is 3.18.